The maximum absolute atomic E-state index is 13.1. The SMILES string of the molecule is CC(C)(C)OC(=O)Nc1ccnn1C1(c2ccc(F)cn2)CC1. The molecule has 23 heavy (non-hydrogen) atoms. The van der Waals surface area contributed by atoms with Gasteiger partial charge in [-0.15, -0.1) is 0 Å². The van der Waals surface area contributed by atoms with Crippen LogP contribution in [0.4, 0.5) is 15.0 Å². The number of pyridine rings is 1. The number of halogens is 1. The third-order valence-electron chi connectivity index (χ3n) is 3.60. The molecule has 1 fully saturated rings. The smallest absolute Gasteiger partial charge is 0.413 e. The molecule has 0 bridgehead atoms. The van der Waals surface area contributed by atoms with Gasteiger partial charge in [-0.1, -0.05) is 0 Å². The van der Waals surface area contributed by atoms with Gasteiger partial charge < -0.3 is 4.74 Å². The molecule has 0 radical (unpaired) electrons. The molecule has 7 heteroatoms. The molecule has 0 atom stereocenters. The topological polar surface area (TPSA) is 69.0 Å². The fraction of sp³-hybridized carbons (Fsp3) is 0.438. The van der Waals surface area contributed by atoms with Crippen molar-refractivity contribution >= 4 is 11.9 Å². The third-order valence-corrected chi connectivity index (χ3v) is 3.60. The van der Waals surface area contributed by atoms with E-state index in [1.54, 1.807) is 43.8 Å². The molecule has 2 aromatic rings. The highest BCUT2D eigenvalue weighted by Gasteiger charge is 2.49. The van der Waals surface area contributed by atoms with E-state index in [9.17, 15) is 9.18 Å². The van der Waals surface area contributed by atoms with Gasteiger partial charge in [-0.05, 0) is 45.7 Å². The maximum atomic E-state index is 13.1. The summed E-state index contributed by atoms with van der Waals surface area (Å²) in [5.41, 5.74) is -0.276. The van der Waals surface area contributed by atoms with E-state index in [-0.39, 0.29) is 5.82 Å². The maximum Gasteiger partial charge on any atom is 0.413 e. The van der Waals surface area contributed by atoms with Crippen LogP contribution in [0.1, 0.15) is 39.3 Å². The molecule has 2 aromatic heterocycles. The second-order valence-electron chi connectivity index (χ2n) is 6.65. The van der Waals surface area contributed by atoms with Crippen molar-refractivity contribution in [3.63, 3.8) is 0 Å². The van der Waals surface area contributed by atoms with Crippen LogP contribution in [-0.4, -0.2) is 26.5 Å². The monoisotopic (exact) mass is 318 g/mol. The van der Waals surface area contributed by atoms with Gasteiger partial charge in [0.05, 0.1) is 18.1 Å². The minimum absolute atomic E-state index is 0.378. The molecule has 3 rings (SSSR count). The van der Waals surface area contributed by atoms with Crippen molar-refractivity contribution in [3.8, 4) is 0 Å². The Kier molecular flexibility index (Phi) is 3.58. The molecule has 1 aliphatic rings. The van der Waals surface area contributed by atoms with Gasteiger partial charge in [-0.3, -0.25) is 10.3 Å². The van der Waals surface area contributed by atoms with E-state index in [4.69, 9.17) is 4.74 Å². The van der Waals surface area contributed by atoms with Crippen molar-refractivity contribution in [3.05, 3.63) is 42.1 Å². The first-order valence-electron chi connectivity index (χ1n) is 7.47. The molecule has 1 aliphatic carbocycles. The normalized spacial score (nSPS) is 16.0. The number of anilines is 1. The summed E-state index contributed by atoms with van der Waals surface area (Å²) in [5.74, 6) is 0.153. The van der Waals surface area contributed by atoms with Crippen molar-refractivity contribution in [1.82, 2.24) is 14.8 Å². The van der Waals surface area contributed by atoms with Gasteiger partial charge in [0.1, 0.15) is 22.8 Å². The van der Waals surface area contributed by atoms with E-state index >= 15 is 0 Å². The van der Waals surface area contributed by atoms with Gasteiger partial charge in [0.2, 0.25) is 0 Å². The summed E-state index contributed by atoms with van der Waals surface area (Å²) in [4.78, 5) is 16.1. The van der Waals surface area contributed by atoms with E-state index in [1.807, 2.05) is 0 Å². The second-order valence-corrected chi connectivity index (χ2v) is 6.65. The Balaban J connectivity index is 1.84. The van der Waals surface area contributed by atoms with Crippen LogP contribution >= 0.6 is 0 Å². The quantitative estimate of drug-likeness (QED) is 0.942. The summed E-state index contributed by atoms with van der Waals surface area (Å²) in [7, 11) is 0. The number of amides is 1. The lowest BCUT2D eigenvalue weighted by molar-refractivity contribution is 0.0634. The van der Waals surface area contributed by atoms with Crippen molar-refractivity contribution in [2.45, 2.75) is 44.8 Å². The summed E-state index contributed by atoms with van der Waals surface area (Å²) in [6.07, 6.45) is 3.92. The van der Waals surface area contributed by atoms with E-state index in [0.717, 1.165) is 18.5 Å². The molecule has 1 N–H and O–H groups in total. The molecule has 1 saturated carbocycles. The van der Waals surface area contributed by atoms with Crippen LogP contribution in [0.3, 0.4) is 0 Å². The Hall–Kier alpha value is -2.44. The molecular formula is C16H19FN4O2. The lowest BCUT2D eigenvalue weighted by Gasteiger charge is -2.22. The van der Waals surface area contributed by atoms with E-state index < -0.39 is 17.2 Å². The Morgan fingerprint density at radius 1 is 1.35 bits per heavy atom. The average Bonchev–Trinajstić information content (AvgIpc) is 3.11. The molecule has 0 aliphatic heterocycles. The summed E-state index contributed by atoms with van der Waals surface area (Å²) < 4.78 is 20.1. The molecule has 6 nitrogen and oxygen atoms in total. The minimum Gasteiger partial charge on any atom is -0.444 e. The van der Waals surface area contributed by atoms with Crippen LogP contribution in [0.25, 0.3) is 0 Å². The zero-order valence-electron chi connectivity index (χ0n) is 13.3. The first-order chi connectivity index (χ1) is 10.8. The lowest BCUT2D eigenvalue weighted by atomic mass is 10.1. The molecule has 0 aromatic carbocycles. The van der Waals surface area contributed by atoms with Crippen LogP contribution in [0.2, 0.25) is 0 Å². The number of hydrogen-bond donors (Lipinski definition) is 1. The van der Waals surface area contributed by atoms with Crippen LogP contribution < -0.4 is 5.32 Å². The van der Waals surface area contributed by atoms with E-state index in [0.29, 0.717) is 5.82 Å². The Bertz CT molecular complexity index is 714. The molecule has 0 unspecified atom stereocenters. The predicted octanol–water partition coefficient (Wildman–Crippen LogP) is 3.30. The van der Waals surface area contributed by atoms with Crippen molar-refractivity contribution in [2.24, 2.45) is 0 Å². The molecule has 2 heterocycles. The highest BCUT2D eigenvalue weighted by atomic mass is 19.1. The van der Waals surface area contributed by atoms with Gasteiger partial charge >= 0.3 is 6.09 Å². The van der Waals surface area contributed by atoms with Crippen molar-refractivity contribution in [1.29, 1.82) is 0 Å². The second kappa shape index (κ2) is 5.33. The zero-order chi connectivity index (χ0) is 16.7. The number of aromatic nitrogens is 3. The summed E-state index contributed by atoms with van der Waals surface area (Å²) in [6, 6.07) is 4.74. The van der Waals surface area contributed by atoms with Gasteiger partial charge in [0.15, 0.2) is 0 Å². The van der Waals surface area contributed by atoms with Gasteiger partial charge in [0.25, 0.3) is 0 Å². The molecular weight excluding hydrogens is 299 g/mol. The molecule has 122 valence electrons. The Morgan fingerprint density at radius 2 is 2.09 bits per heavy atom. The number of rotatable bonds is 3. The number of hydrogen-bond acceptors (Lipinski definition) is 4. The van der Waals surface area contributed by atoms with Crippen LogP contribution in [-0.2, 0) is 10.3 Å². The zero-order valence-corrected chi connectivity index (χ0v) is 13.3. The van der Waals surface area contributed by atoms with Crippen LogP contribution in [0, 0.1) is 5.82 Å². The van der Waals surface area contributed by atoms with Crippen LogP contribution in [0.15, 0.2) is 30.6 Å². The first-order valence-corrected chi connectivity index (χ1v) is 7.47. The minimum atomic E-state index is -0.579. The van der Waals surface area contributed by atoms with Crippen LogP contribution in [0.5, 0.6) is 0 Å². The molecule has 0 saturated heterocycles. The fourth-order valence-electron chi connectivity index (χ4n) is 2.49. The largest absolute Gasteiger partial charge is 0.444 e. The standard InChI is InChI=1S/C16H19FN4O2/c1-15(2,3)23-14(22)20-13-6-9-19-21(13)16(7-8-16)12-5-4-11(17)10-18-12/h4-6,9-10H,7-8H2,1-3H3,(H,20,22). The summed E-state index contributed by atoms with van der Waals surface area (Å²) in [6.45, 7) is 5.40. The number of ether oxygens (including phenoxy) is 1. The third kappa shape index (κ3) is 3.18. The number of carbonyl (C=O) groups excluding carboxylic acids is 1. The first kappa shape index (κ1) is 15.5. The molecule has 0 spiro atoms. The van der Waals surface area contributed by atoms with E-state index in [1.165, 1.54) is 12.3 Å². The number of nitrogens with zero attached hydrogens (tertiary/aromatic N) is 3. The van der Waals surface area contributed by atoms with Gasteiger partial charge in [-0.25, -0.2) is 13.9 Å². The van der Waals surface area contributed by atoms with Gasteiger partial charge in [-0.2, -0.15) is 5.10 Å². The Labute approximate surface area is 133 Å². The predicted molar refractivity (Wildman–Crippen MR) is 82.6 cm³/mol. The number of nitrogens with one attached hydrogen (secondary N) is 1. The van der Waals surface area contributed by atoms with Crippen molar-refractivity contribution in [2.75, 3.05) is 5.32 Å². The lowest BCUT2D eigenvalue weighted by Crippen LogP contribution is -2.30. The number of carbonyl (C=O) groups is 1. The average molecular weight is 318 g/mol. The highest BCUT2D eigenvalue weighted by molar-refractivity contribution is 5.83. The summed E-state index contributed by atoms with van der Waals surface area (Å²) >= 11 is 0. The molecule has 1 amide bonds. The van der Waals surface area contributed by atoms with Crippen molar-refractivity contribution < 1.29 is 13.9 Å². The Morgan fingerprint density at radius 3 is 2.65 bits per heavy atom. The van der Waals surface area contributed by atoms with Gasteiger partial charge in [0, 0.05) is 6.07 Å². The highest BCUT2D eigenvalue weighted by Crippen LogP contribution is 2.49. The van der Waals surface area contributed by atoms with E-state index in [2.05, 4.69) is 15.4 Å². The fourth-order valence-corrected chi connectivity index (χ4v) is 2.49. The summed E-state index contributed by atoms with van der Waals surface area (Å²) in [5, 5.41) is 7.02.